The van der Waals surface area contributed by atoms with Crippen molar-refractivity contribution in [2.45, 2.75) is 50.5 Å². The first-order chi connectivity index (χ1) is 15.6. The lowest BCUT2D eigenvalue weighted by Gasteiger charge is -2.47. The number of carboxylic acid groups (broad SMARTS) is 1. The van der Waals surface area contributed by atoms with Crippen LogP contribution in [0.2, 0.25) is 0 Å². The summed E-state index contributed by atoms with van der Waals surface area (Å²) in [7, 11) is 0. The molecule has 1 aromatic heterocycles. The highest BCUT2D eigenvalue weighted by molar-refractivity contribution is 7.18. The van der Waals surface area contributed by atoms with Gasteiger partial charge in [0.15, 0.2) is 0 Å². The molecule has 2 heterocycles. The van der Waals surface area contributed by atoms with Crippen molar-refractivity contribution in [2.75, 3.05) is 6.54 Å². The average Bonchev–Trinajstić information content (AvgIpc) is 3.26. The lowest BCUT2D eigenvalue weighted by atomic mass is 9.71. The Kier molecular flexibility index (Phi) is 5.96. The molecule has 0 spiro atoms. The summed E-state index contributed by atoms with van der Waals surface area (Å²) in [6.07, 6.45) is 4.87. The standard InChI is InChI=1S/C26H28N2O3S/c29-24(28-15-14-19(26(30)31)18-10-4-6-12-22(18)28)16-20(17-8-2-1-3-9-17)25-27-21-11-5-7-13-23(21)32-25/h1-3,5,7-9,11,13,18-20,22H,4,6,10,12,14-16H2,(H,30,31). The van der Waals surface area contributed by atoms with Gasteiger partial charge in [0.1, 0.15) is 5.01 Å². The Bertz CT molecular complexity index is 1080. The molecule has 0 bridgehead atoms. The van der Waals surface area contributed by atoms with Crippen molar-refractivity contribution in [1.29, 1.82) is 0 Å². The fraction of sp³-hybridized carbons (Fsp3) is 0.423. The van der Waals surface area contributed by atoms with E-state index >= 15 is 0 Å². The highest BCUT2D eigenvalue weighted by atomic mass is 32.1. The normalized spacial score (nSPS) is 24.1. The molecule has 1 aliphatic carbocycles. The summed E-state index contributed by atoms with van der Waals surface area (Å²) in [4.78, 5) is 32.3. The Balaban J connectivity index is 1.43. The molecule has 2 fully saturated rings. The molecule has 1 saturated heterocycles. The van der Waals surface area contributed by atoms with E-state index in [1.807, 2.05) is 41.3 Å². The molecule has 5 rings (SSSR count). The Hall–Kier alpha value is -2.73. The largest absolute Gasteiger partial charge is 0.481 e. The number of likely N-dealkylation sites (tertiary alicyclic amines) is 1. The third-order valence-electron chi connectivity index (χ3n) is 7.21. The predicted molar refractivity (Wildman–Crippen MR) is 126 cm³/mol. The number of aliphatic carboxylic acids is 1. The Labute approximate surface area is 192 Å². The minimum atomic E-state index is -0.703. The Morgan fingerprint density at radius 3 is 2.56 bits per heavy atom. The number of nitrogens with zero attached hydrogens (tertiary/aromatic N) is 2. The van der Waals surface area contributed by atoms with Crippen LogP contribution in [0, 0.1) is 11.8 Å². The molecule has 1 N–H and O–H groups in total. The maximum Gasteiger partial charge on any atom is 0.306 e. The molecule has 0 radical (unpaired) electrons. The summed E-state index contributed by atoms with van der Waals surface area (Å²) in [5.74, 6) is -0.917. The second-order valence-corrected chi connectivity index (χ2v) is 10.1. The third-order valence-corrected chi connectivity index (χ3v) is 8.36. The van der Waals surface area contributed by atoms with Crippen molar-refractivity contribution in [3.8, 4) is 0 Å². The van der Waals surface area contributed by atoms with Crippen molar-refractivity contribution in [3.63, 3.8) is 0 Å². The zero-order chi connectivity index (χ0) is 22.1. The first kappa shape index (κ1) is 21.1. The molecule has 1 aliphatic heterocycles. The number of hydrogen-bond acceptors (Lipinski definition) is 4. The number of benzene rings is 2. The topological polar surface area (TPSA) is 70.5 Å². The molecule has 2 aromatic carbocycles. The SMILES string of the molecule is O=C(O)C1CCN(C(=O)CC(c2ccccc2)c2nc3ccccc3s2)C2CCCCC12. The van der Waals surface area contributed by atoms with Gasteiger partial charge in [0.05, 0.1) is 16.1 Å². The highest BCUT2D eigenvalue weighted by Crippen LogP contribution is 2.41. The van der Waals surface area contributed by atoms with E-state index in [9.17, 15) is 14.7 Å². The molecule has 1 saturated carbocycles. The van der Waals surface area contributed by atoms with E-state index in [0.29, 0.717) is 19.4 Å². The maximum absolute atomic E-state index is 13.7. The van der Waals surface area contributed by atoms with Gasteiger partial charge in [-0.15, -0.1) is 11.3 Å². The van der Waals surface area contributed by atoms with Gasteiger partial charge in [0.25, 0.3) is 0 Å². The monoisotopic (exact) mass is 448 g/mol. The fourth-order valence-corrected chi connectivity index (χ4v) is 6.73. The van der Waals surface area contributed by atoms with E-state index in [1.54, 1.807) is 11.3 Å². The molecule has 166 valence electrons. The van der Waals surface area contributed by atoms with Crippen molar-refractivity contribution in [3.05, 3.63) is 65.2 Å². The van der Waals surface area contributed by atoms with Gasteiger partial charge in [0, 0.05) is 24.9 Å². The number of aromatic nitrogens is 1. The number of fused-ring (bicyclic) bond motifs is 2. The number of amides is 1. The van der Waals surface area contributed by atoms with Gasteiger partial charge in [-0.2, -0.15) is 0 Å². The van der Waals surface area contributed by atoms with Crippen LogP contribution in [0.25, 0.3) is 10.2 Å². The molecule has 3 aromatic rings. The van der Waals surface area contributed by atoms with Gasteiger partial charge >= 0.3 is 5.97 Å². The number of para-hydroxylation sites is 1. The van der Waals surface area contributed by atoms with Crippen LogP contribution in [0.15, 0.2) is 54.6 Å². The van der Waals surface area contributed by atoms with E-state index in [1.165, 1.54) is 0 Å². The summed E-state index contributed by atoms with van der Waals surface area (Å²) in [6.45, 7) is 0.540. The van der Waals surface area contributed by atoms with Crippen LogP contribution in [0.5, 0.6) is 0 Å². The quantitative estimate of drug-likeness (QED) is 0.574. The number of rotatable bonds is 5. The van der Waals surface area contributed by atoms with Gasteiger partial charge in [-0.05, 0) is 42.9 Å². The molecule has 2 aliphatic rings. The molecule has 4 atom stereocenters. The summed E-state index contributed by atoms with van der Waals surface area (Å²) in [6, 6.07) is 18.3. The van der Waals surface area contributed by atoms with Crippen LogP contribution in [0.3, 0.4) is 0 Å². The number of thiazole rings is 1. The second kappa shape index (κ2) is 9.02. The predicted octanol–water partition coefficient (Wildman–Crippen LogP) is 5.31. The Morgan fingerprint density at radius 1 is 1.03 bits per heavy atom. The molecular formula is C26H28N2O3S. The number of carboxylic acids is 1. The molecule has 1 amide bonds. The number of piperidine rings is 1. The molecule has 5 nitrogen and oxygen atoms in total. The van der Waals surface area contributed by atoms with Crippen molar-refractivity contribution in [1.82, 2.24) is 9.88 Å². The van der Waals surface area contributed by atoms with E-state index in [-0.39, 0.29) is 29.7 Å². The van der Waals surface area contributed by atoms with E-state index in [4.69, 9.17) is 4.98 Å². The summed E-state index contributed by atoms with van der Waals surface area (Å²) >= 11 is 1.66. The van der Waals surface area contributed by atoms with E-state index < -0.39 is 5.97 Å². The minimum Gasteiger partial charge on any atom is -0.481 e. The van der Waals surface area contributed by atoms with Crippen molar-refractivity contribution < 1.29 is 14.7 Å². The van der Waals surface area contributed by atoms with Gasteiger partial charge in [-0.3, -0.25) is 9.59 Å². The van der Waals surface area contributed by atoms with Gasteiger partial charge in [-0.25, -0.2) is 4.98 Å². The zero-order valence-electron chi connectivity index (χ0n) is 18.0. The van der Waals surface area contributed by atoms with Crippen LogP contribution < -0.4 is 0 Å². The number of carbonyl (C=O) groups excluding carboxylic acids is 1. The summed E-state index contributed by atoms with van der Waals surface area (Å²) < 4.78 is 1.13. The first-order valence-electron chi connectivity index (χ1n) is 11.5. The zero-order valence-corrected chi connectivity index (χ0v) is 18.8. The summed E-state index contributed by atoms with van der Waals surface area (Å²) in [5, 5.41) is 10.7. The van der Waals surface area contributed by atoms with Crippen LogP contribution in [0.4, 0.5) is 0 Å². The minimum absolute atomic E-state index is 0.0536. The van der Waals surface area contributed by atoms with Crippen molar-refractivity contribution in [2.24, 2.45) is 11.8 Å². The Morgan fingerprint density at radius 2 is 1.78 bits per heavy atom. The van der Waals surface area contributed by atoms with Crippen LogP contribution >= 0.6 is 11.3 Å². The summed E-state index contributed by atoms with van der Waals surface area (Å²) in [5.41, 5.74) is 2.07. The molecular weight excluding hydrogens is 420 g/mol. The maximum atomic E-state index is 13.7. The van der Waals surface area contributed by atoms with Crippen LogP contribution in [-0.4, -0.2) is 39.5 Å². The third kappa shape index (κ3) is 4.04. The van der Waals surface area contributed by atoms with Gasteiger partial charge < -0.3 is 10.0 Å². The lowest BCUT2D eigenvalue weighted by molar-refractivity contribution is -0.153. The number of carbonyl (C=O) groups is 2. The smallest absolute Gasteiger partial charge is 0.306 e. The van der Waals surface area contributed by atoms with Gasteiger partial charge in [0.2, 0.25) is 5.91 Å². The second-order valence-electron chi connectivity index (χ2n) is 9.02. The molecule has 4 unspecified atom stereocenters. The highest BCUT2D eigenvalue weighted by Gasteiger charge is 2.44. The van der Waals surface area contributed by atoms with Crippen LogP contribution in [0.1, 0.15) is 55.0 Å². The lowest BCUT2D eigenvalue weighted by Crippen LogP contribution is -2.54. The first-order valence-corrected chi connectivity index (χ1v) is 12.4. The number of hydrogen-bond donors (Lipinski definition) is 1. The van der Waals surface area contributed by atoms with Gasteiger partial charge in [-0.1, -0.05) is 55.3 Å². The molecule has 32 heavy (non-hydrogen) atoms. The average molecular weight is 449 g/mol. The van der Waals surface area contributed by atoms with Crippen molar-refractivity contribution >= 4 is 33.4 Å². The van der Waals surface area contributed by atoms with Crippen LogP contribution in [-0.2, 0) is 9.59 Å². The fourth-order valence-electron chi connectivity index (χ4n) is 5.63. The molecule has 6 heteroatoms. The van der Waals surface area contributed by atoms with E-state index in [2.05, 4.69) is 18.2 Å². The van der Waals surface area contributed by atoms with E-state index in [0.717, 1.165) is 46.5 Å².